The number of para-hydroxylation sites is 1. The van der Waals surface area contributed by atoms with Crippen LogP contribution in [0.1, 0.15) is 23.1 Å². The summed E-state index contributed by atoms with van der Waals surface area (Å²) in [6.45, 7) is 2.22. The Kier molecular flexibility index (Phi) is 6.62. The van der Waals surface area contributed by atoms with Crippen LogP contribution in [0.4, 0.5) is 5.13 Å². The highest BCUT2D eigenvalue weighted by Crippen LogP contribution is 2.37. The van der Waals surface area contributed by atoms with Crippen molar-refractivity contribution in [2.75, 3.05) is 4.90 Å². The van der Waals surface area contributed by atoms with E-state index in [4.69, 9.17) is 33.3 Å². The topological polar surface area (TPSA) is 79.2 Å². The highest BCUT2D eigenvalue weighted by atomic mass is 35.5. The van der Waals surface area contributed by atoms with Gasteiger partial charge < -0.3 is 4.74 Å². The number of rotatable bonds is 6. The van der Waals surface area contributed by atoms with Gasteiger partial charge in [0.25, 0.3) is 5.91 Å². The van der Waals surface area contributed by atoms with Crippen molar-refractivity contribution in [3.05, 3.63) is 73.5 Å². The molecule has 6 nitrogen and oxygen atoms in total. The van der Waals surface area contributed by atoms with Crippen LogP contribution in [0, 0.1) is 5.41 Å². The predicted molar refractivity (Wildman–Crippen MR) is 127 cm³/mol. The van der Waals surface area contributed by atoms with Gasteiger partial charge in [0.15, 0.2) is 5.17 Å². The van der Waals surface area contributed by atoms with E-state index in [0.29, 0.717) is 25.8 Å². The number of aromatic nitrogens is 2. The van der Waals surface area contributed by atoms with E-state index in [9.17, 15) is 4.79 Å². The van der Waals surface area contributed by atoms with E-state index in [-0.39, 0.29) is 17.7 Å². The summed E-state index contributed by atoms with van der Waals surface area (Å²) >= 11 is 14.6. The molecule has 0 bridgehead atoms. The first kappa shape index (κ1) is 21.8. The van der Waals surface area contributed by atoms with Crippen LogP contribution in [0.15, 0.2) is 47.4 Å². The Bertz CT molecular complexity index is 1200. The molecule has 2 heterocycles. The SMILES string of the molecule is CCc1nnc(N2C(=N)SC(=Cc3ccccc3OCc3ccc(Cl)cc3Cl)C2=O)s1. The average Bonchev–Trinajstić information content (AvgIpc) is 3.32. The second kappa shape index (κ2) is 9.40. The molecule has 158 valence electrons. The molecule has 0 radical (unpaired) electrons. The fraction of sp³-hybridized carbons (Fsp3) is 0.143. The maximum absolute atomic E-state index is 12.9. The normalized spacial score (nSPS) is 15.2. The van der Waals surface area contributed by atoms with Crippen molar-refractivity contribution in [1.29, 1.82) is 5.41 Å². The van der Waals surface area contributed by atoms with E-state index in [1.807, 2.05) is 37.3 Å². The number of carbonyl (C=O) groups excluding carboxylic acids is 1. The Balaban J connectivity index is 1.56. The maximum Gasteiger partial charge on any atom is 0.273 e. The molecule has 0 saturated carbocycles. The molecule has 10 heteroatoms. The van der Waals surface area contributed by atoms with Gasteiger partial charge in [0, 0.05) is 21.2 Å². The summed E-state index contributed by atoms with van der Waals surface area (Å²) in [7, 11) is 0. The van der Waals surface area contributed by atoms with Gasteiger partial charge in [-0.25, -0.2) is 4.90 Å². The minimum atomic E-state index is -0.302. The van der Waals surface area contributed by atoms with E-state index < -0.39 is 0 Å². The molecular weight excluding hydrogens is 475 g/mol. The van der Waals surface area contributed by atoms with Gasteiger partial charge in [-0.1, -0.05) is 65.7 Å². The molecule has 1 fully saturated rings. The second-order valence-corrected chi connectivity index (χ2v) is 9.37. The minimum absolute atomic E-state index is 0.0985. The van der Waals surface area contributed by atoms with E-state index in [1.165, 1.54) is 16.2 Å². The Labute approximate surface area is 197 Å². The zero-order chi connectivity index (χ0) is 22.0. The van der Waals surface area contributed by atoms with Crippen LogP contribution in [0.2, 0.25) is 10.0 Å². The lowest BCUT2D eigenvalue weighted by molar-refractivity contribution is -0.113. The third-order valence-electron chi connectivity index (χ3n) is 4.38. The number of carbonyl (C=O) groups is 1. The third kappa shape index (κ3) is 4.77. The number of ether oxygens (including phenoxy) is 1. The molecule has 1 aliphatic rings. The van der Waals surface area contributed by atoms with Crippen molar-refractivity contribution in [2.24, 2.45) is 0 Å². The number of hydrogen-bond donors (Lipinski definition) is 1. The number of thioether (sulfide) groups is 1. The van der Waals surface area contributed by atoms with E-state index >= 15 is 0 Å². The fourth-order valence-electron chi connectivity index (χ4n) is 2.81. The standard InChI is InChI=1S/C21H16Cl2N4O2S2/c1-2-18-25-26-21(31-18)27-19(28)17(30-20(27)24)9-12-5-3-4-6-16(12)29-11-13-7-8-14(22)10-15(13)23/h3-10,24H,2,11H2,1H3. The molecule has 0 atom stereocenters. The quantitative estimate of drug-likeness (QED) is 0.425. The summed E-state index contributed by atoms with van der Waals surface area (Å²) < 4.78 is 5.97. The molecule has 3 aromatic rings. The minimum Gasteiger partial charge on any atom is -0.488 e. The van der Waals surface area contributed by atoms with Gasteiger partial charge in [-0.2, -0.15) is 0 Å². The van der Waals surface area contributed by atoms with Gasteiger partial charge in [-0.3, -0.25) is 10.2 Å². The summed E-state index contributed by atoms with van der Waals surface area (Å²) in [5.41, 5.74) is 1.53. The number of anilines is 1. The van der Waals surface area contributed by atoms with Crippen molar-refractivity contribution in [1.82, 2.24) is 10.2 Å². The molecule has 0 unspecified atom stereocenters. The molecule has 1 amide bonds. The van der Waals surface area contributed by atoms with Crippen LogP contribution < -0.4 is 9.64 Å². The van der Waals surface area contributed by atoms with Crippen molar-refractivity contribution in [3.8, 4) is 5.75 Å². The fourth-order valence-corrected chi connectivity index (χ4v) is 4.94. The lowest BCUT2D eigenvalue weighted by Crippen LogP contribution is -2.27. The highest BCUT2D eigenvalue weighted by Gasteiger charge is 2.36. The molecule has 1 aliphatic heterocycles. The van der Waals surface area contributed by atoms with Gasteiger partial charge in [0.1, 0.15) is 17.4 Å². The third-order valence-corrected chi connectivity index (χ3v) is 6.91. The molecule has 2 aromatic carbocycles. The summed E-state index contributed by atoms with van der Waals surface area (Å²) in [6.07, 6.45) is 2.45. The summed E-state index contributed by atoms with van der Waals surface area (Å²) in [6, 6.07) is 12.6. The summed E-state index contributed by atoms with van der Waals surface area (Å²) in [5, 5.41) is 18.7. The number of hydrogen-bond acceptors (Lipinski definition) is 7. The molecule has 0 aliphatic carbocycles. The number of nitrogens with one attached hydrogen (secondary N) is 1. The molecule has 0 spiro atoms. The van der Waals surface area contributed by atoms with Crippen LogP contribution in [-0.2, 0) is 17.8 Å². The van der Waals surface area contributed by atoms with Crippen molar-refractivity contribution in [2.45, 2.75) is 20.0 Å². The number of amides is 1. The molecule has 1 saturated heterocycles. The zero-order valence-corrected chi connectivity index (χ0v) is 19.4. The van der Waals surface area contributed by atoms with Crippen molar-refractivity contribution < 1.29 is 9.53 Å². The van der Waals surface area contributed by atoms with Crippen molar-refractivity contribution >= 4 is 68.6 Å². The molecule has 1 N–H and O–H groups in total. The molecule has 31 heavy (non-hydrogen) atoms. The van der Waals surface area contributed by atoms with Crippen LogP contribution >= 0.6 is 46.3 Å². The Morgan fingerprint density at radius 2 is 2.00 bits per heavy atom. The molecule has 4 rings (SSSR count). The Morgan fingerprint density at radius 1 is 1.19 bits per heavy atom. The number of nitrogens with zero attached hydrogens (tertiary/aromatic N) is 3. The lowest BCUT2D eigenvalue weighted by atomic mass is 10.1. The number of amidine groups is 1. The van der Waals surface area contributed by atoms with Gasteiger partial charge in [0.05, 0.1) is 4.91 Å². The van der Waals surface area contributed by atoms with Gasteiger partial charge in [-0.05, 0) is 42.5 Å². The number of benzene rings is 2. The van der Waals surface area contributed by atoms with Crippen LogP contribution in [-0.4, -0.2) is 21.3 Å². The summed E-state index contributed by atoms with van der Waals surface area (Å²) in [5.74, 6) is 0.299. The van der Waals surface area contributed by atoms with E-state index in [1.54, 1.807) is 18.2 Å². The van der Waals surface area contributed by atoms with Crippen LogP contribution in [0.3, 0.4) is 0 Å². The molecule has 1 aromatic heterocycles. The number of halogens is 2. The lowest BCUT2D eigenvalue weighted by Gasteiger charge is -2.11. The first-order chi connectivity index (χ1) is 15.0. The predicted octanol–water partition coefficient (Wildman–Crippen LogP) is 6.04. The zero-order valence-electron chi connectivity index (χ0n) is 16.3. The Morgan fingerprint density at radius 3 is 2.74 bits per heavy atom. The Hall–Kier alpha value is -2.39. The van der Waals surface area contributed by atoms with Crippen molar-refractivity contribution in [3.63, 3.8) is 0 Å². The average molecular weight is 491 g/mol. The summed E-state index contributed by atoms with van der Waals surface area (Å²) in [4.78, 5) is 14.6. The maximum atomic E-state index is 12.9. The van der Waals surface area contributed by atoms with Crippen LogP contribution in [0.25, 0.3) is 6.08 Å². The van der Waals surface area contributed by atoms with E-state index in [2.05, 4.69) is 10.2 Å². The monoisotopic (exact) mass is 490 g/mol. The highest BCUT2D eigenvalue weighted by molar-refractivity contribution is 8.19. The van der Waals surface area contributed by atoms with Gasteiger partial charge in [-0.15, -0.1) is 10.2 Å². The largest absolute Gasteiger partial charge is 0.488 e. The van der Waals surface area contributed by atoms with Gasteiger partial charge in [0.2, 0.25) is 5.13 Å². The second-order valence-electron chi connectivity index (χ2n) is 6.45. The number of aryl methyl sites for hydroxylation is 1. The van der Waals surface area contributed by atoms with Gasteiger partial charge >= 0.3 is 0 Å². The smallest absolute Gasteiger partial charge is 0.273 e. The first-order valence-electron chi connectivity index (χ1n) is 9.27. The molecular formula is C21H16Cl2N4O2S2. The van der Waals surface area contributed by atoms with E-state index in [0.717, 1.165) is 34.3 Å². The van der Waals surface area contributed by atoms with Crippen LogP contribution in [0.5, 0.6) is 5.75 Å². The first-order valence-corrected chi connectivity index (χ1v) is 11.7.